The van der Waals surface area contributed by atoms with E-state index in [9.17, 15) is 9.18 Å². The number of ether oxygens (including phenoxy) is 2. The van der Waals surface area contributed by atoms with Crippen LogP contribution in [0.4, 0.5) is 4.39 Å². The van der Waals surface area contributed by atoms with Crippen molar-refractivity contribution in [3.05, 3.63) is 34.8 Å². The molecule has 0 N–H and O–H groups in total. The number of rotatable bonds is 3. The molecule has 0 aliphatic rings. The second-order valence-corrected chi connectivity index (χ2v) is 6.66. The Morgan fingerprint density at radius 2 is 1.91 bits per heavy atom. The molecule has 2 aromatic rings. The lowest BCUT2D eigenvalue weighted by atomic mass is 9.86. The SMILES string of the molecule is COCC(=O)Oc1c(C)c(C)nc2c(F)cc(C(C)(C)C)cc12. The number of aryl methyl sites for hydroxylation is 1. The Morgan fingerprint density at radius 3 is 2.48 bits per heavy atom. The number of pyridine rings is 1. The standard InChI is InChI=1S/C18H22FNO3/c1-10-11(2)20-16-13(17(10)23-15(21)9-22-6)7-12(8-14(16)19)18(3,4)5/h7-8H,9H2,1-6H3. The quantitative estimate of drug-likeness (QED) is 0.807. The number of esters is 1. The molecular weight excluding hydrogens is 297 g/mol. The number of carbonyl (C=O) groups excluding carboxylic acids is 1. The normalized spacial score (nSPS) is 11.8. The summed E-state index contributed by atoms with van der Waals surface area (Å²) in [6, 6.07) is 3.33. The van der Waals surface area contributed by atoms with Crippen molar-refractivity contribution in [2.45, 2.75) is 40.0 Å². The van der Waals surface area contributed by atoms with E-state index in [4.69, 9.17) is 9.47 Å². The molecule has 0 atom stereocenters. The summed E-state index contributed by atoms with van der Waals surface area (Å²) >= 11 is 0. The minimum atomic E-state index is -0.524. The van der Waals surface area contributed by atoms with Gasteiger partial charge in [0.25, 0.3) is 0 Å². The molecule has 4 nitrogen and oxygen atoms in total. The zero-order chi connectivity index (χ0) is 17.4. The molecule has 23 heavy (non-hydrogen) atoms. The number of hydrogen-bond acceptors (Lipinski definition) is 4. The van der Waals surface area contributed by atoms with E-state index in [1.165, 1.54) is 13.2 Å². The third kappa shape index (κ3) is 3.50. The van der Waals surface area contributed by atoms with Crippen LogP contribution in [0.25, 0.3) is 10.9 Å². The summed E-state index contributed by atoms with van der Waals surface area (Å²) in [5.74, 6) is -0.594. The monoisotopic (exact) mass is 319 g/mol. The van der Waals surface area contributed by atoms with Crippen molar-refractivity contribution in [3.8, 4) is 5.75 Å². The predicted molar refractivity (Wildman–Crippen MR) is 87.4 cm³/mol. The van der Waals surface area contributed by atoms with Crippen molar-refractivity contribution in [1.82, 2.24) is 4.98 Å². The molecule has 0 aliphatic carbocycles. The van der Waals surface area contributed by atoms with Gasteiger partial charge in [-0.05, 0) is 37.0 Å². The molecule has 5 heteroatoms. The first-order valence-corrected chi connectivity index (χ1v) is 7.45. The average Bonchev–Trinajstić information content (AvgIpc) is 2.44. The van der Waals surface area contributed by atoms with Crippen molar-refractivity contribution in [1.29, 1.82) is 0 Å². The molecular formula is C18H22FNO3. The van der Waals surface area contributed by atoms with Gasteiger partial charge in [-0.3, -0.25) is 0 Å². The largest absolute Gasteiger partial charge is 0.424 e. The number of fused-ring (bicyclic) bond motifs is 1. The Kier molecular flexibility index (Phi) is 4.71. The number of hydrogen-bond donors (Lipinski definition) is 0. The molecule has 2 rings (SSSR count). The maximum Gasteiger partial charge on any atom is 0.337 e. The van der Waals surface area contributed by atoms with Crippen LogP contribution in [-0.2, 0) is 14.9 Å². The fourth-order valence-corrected chi connectivity index (χ4v) is 2.33. The predicted octanol–water partition coefficient (Wildman–Crippen LogP) is 3.84. The smallest absolute Gasteiger partial charge is 0.337 e. The van der Waals surface area contributed by atoms with Gasteiger partial charge in [-0.25, -0.2) is 14.2 Å². The highest BCUT2D eigenvalue weighted by molar-refractivity contribution is 5.90. The van der Waals surface area contributed by atoms with Crippen LogP contribution in [0.15, 0.2) is 12.1 Å². The highest BCUT2D eigenvalue weighted by atomic mass is 19.1. The van der Waals surface area contributed by atoms with E-state index in [2.05, 4.69) is 4.98 Å². The lowest BCUT2D eigenvalue weighted by Gasteiger charge is -2.21. The fourth-order valence-electron chi connectivity index (χ4n) is 2.33. The van der Waals surface area contributed by atoms with E-state index in [0.717, 1.165) is 5.56 Å². The van der Waals surface area contributed by atoms with Crippen molar-refractivity contribution in [2.75, 3.05) is 13.7 Å². The van der Waals surface area contributed by atoms with Crippen LogP contribution < -0.4 is 4.74 Å². The second-order valence-electron chi connectivity index (χ2n) is 6.66. The minimum Gasteiger partial charge on any atom is -0.424 e. The lowest BCUT2D eigenvalue weighted by Crippen LogP contribution is -2.16. The fraction of sp³-hybridized carbons (Fsp3) is 0.444. The summed E-state index contributed by atoms with van der Waals surface area (Å²) in [7, 11) is 1.42. The first-order valence-electron chi connectivity index (χ1n) is 7.45. The molecule has 0 spiro atoms. The van der Waals surface area contributed by atoms with Crippen LogP contribution in [0.5, 0.6) is 5.75 Å². The van der Waals surface area contributed by atoms with Gasteiger partial charge in [0.2, 0.25) is 0 Å². The molecule has 0 saturated carbocycles. The topological polar surface area (TPSA) is 48.4 Å². The molecule has 0 amide bonds. The van der Waals surface area contributed by atoms with Gasteiger partial charge in [0.05, 0.1) is 0 Å². The zero-order valence-electron chi connectivity index (χ0n) is 14.4. The van der Waals surface area contributed by atoms with Crippen LogP contribution in [-0.4, -0.2) is 24.7 Å². The number of nitrogens with zero attached hydrogens (tertiary/aromatic N) is 1. The van der Waals surface area contributed by atoms with Gasteiger partial charge in [-0.15, -0.1) is 0 Å². The van der Waals surface area contributed by atoms with E-state index in [0.29, 0.717) is 22.4 Å². The van der Waals surface area contributed by atoms with Gasteiger partial charge >= 0.3 is 5.97 Å². The maximum atomic E-state index is 14.5. The summed E-state index contributed by atoms with van der Waals surface area (Å²) in [6.07, 6.45) is 0. The summed E-state index contributed by atoms with van der Waals surface area (Å²) in [4.78, 5) is 16.1. The Balaban J connectivity index is 2.74. The molecule has 0 aliphatic heterocycles. The summed E-state index contributed by atoms with van der Waals surface area (Å²) in [6.45, 7) is 9.40. The number of halogens is 1. The van der Waals surface area contributed by atoms with Gasteiger partial charge in [-0.2, -0.15) is 0 Å². The van der Waals surface area contributed by atoms with Crippen molar-refractivity contribution in [3.63, 3.8) is 0 Å². The molecule has 124 valence electrons. The second kappa shape index (κ2) is 6.24. The van der Waals surface area contributed by atoms with Gasteiger partial charge in [0.15, 0.2) is 0 Å². The van der Waals surface area contributed by atoms with Gasteiger partial charge in [0.1, 0.15) is 23.7 Å². The summed E-state index contributed by atoms with van der Waals surface area (Å²) in [5.41, 5.74) is 2.13. The average molecular weight is 319 g/mol. The number of benzene rings is 1. The zero-order valence-corrected chi connectivity index (χ0v) is 14.4. The first-order chi connectivity index (χ1) is 10.6. The third-order valence-electron chi connectivity index (χ3n) is 3.81. The van der Waals surface area contributed by atoms with Crippen LogP contribution in [0.1, 0.15) is 37.6 Å². The van der Waals surface area contributed by atoms with Crippen LogP contribution >= 0.6 is 0 Å². The van der Waals surface area contributed by atoms with Gasteiger partial charge < -0.3 is 9.47 Å². The summed E-state index contributed by atoms with van der Waals surface area (Å²) < 4.78 is 24.8. The van der Waals surface area contributed by atoms with E-state index < -0.39 is 11.8 Å². The minimum absolute atomic E-state index is 0.163. The van der Waals surface area contributed by atoms with E-state index in [-0.39, 0.29) is 17.5 Å². The molecule has 1 aromatic carbocycles. The van der Waals surface area contributed by atoms with E-state index in [1.54, 1.807) is 13.8 Å². The number of methoxy groups -OCH3 is 1. The van der Waals surface area contributed by atoms with Crippen LogP contribution in [0.2, 0.25) is 0 Å². The van der Waals surface area contributed by atoms with Crippen molar-refractivity contribution in [2.24, 2.45) is 0 Å². The summed E-state index contributed by atoms with van der Waals surface area (Å²) in [5, 5.41) is 0.502. The Bertz CT molecular complexity index is 763. The first kappa shape index (κ1) is 17.3. The molecule has 1 aromatic heterocycles. The van der Waals surface area contributed by atoms with Crippen molar-refractivity contribution >= 4 is 16.9 Å². The van der Waals surface area contributed by atoms with Gasteiger partial charge in [0, 0.05) is 23.8 Å². The molecule has 1 heterocycles. The Labute approximate surface area is 135 Å². The Hall–Kier alpha value is -2.01. The van der Waals surface area contributed by atoms with E-state index in [1.807, 2.05) is 26.8 Å². The third-order valence-corrected chi connectivity index (χ3v) is 3.81. The highest BCUT2D eigenvalue weighted by Crippen LogP contribution is 2.35. The molecule has 0 saturated heterocycles. The number of aromatic nitrogens is 1. The molecule has 0 radical (unpaired) electrons. The highest BCUT2D eigenvalue weighted by Gasteiger charge is 2.21. The van der Waals surface area contributed by atoms with Gasteiger partial charge in [-0.1, -0.05) is 20.8 Å². The number of carbonyl (C=O) groups is 1. The molecule has 0 bridgehead atoms. The van der Waals surface area contributed by atoms with E-state index >= 15 is 0 Å². The molecule has 0 fully saturated rings. The maximum absolute atomic E-state index is 14.5. The molecule has 0 unspecified atom stereocenters. The Morgan fingerprint density at radius 1 is 1.26 bits per heavy atom. The lowest BCUT2D eigenvalue weighted by molar-refractivity contribution is -0.138. The van der Waals surface area contributed by atoms with Crippen LogP contribution in [0, 0.1) is 19.7 Å². The van der Waals surface area contributed by atoms with Crippen molar-refractivity contribution < 1.29 is 18.7 Å². The van der Waals surface area contributed by atoms with Crippen LogP contribution in [0.3, 0.4) is 0 Å².